The number of nitrogens with zero attached hydrogens (tertiary/aromatic N) is 8. The van der Waals surface area contributed by atoms with Gasteiger partial charge in [-0.1, -0.05) is 41.6 Å². The van der Waals surface area contributed by atoms with Crippen molar-refractivity contribution in [3.63, 3.8) is 0 Å². The summed E-state index contributed by atoms with van der Waals surface area (Å²) in [7, 11) is 1.60. The van der Waals surface area contributed by atoms with E-state index in [1.165, 1.54) is 11.3 Å². The number of sulfonamides is 1. The maximum Gasteiger partial charge on any atom is 0.354 e. The molecule has 1 aliphatic heterocycles. The minimum absolute atomic E-state index is 0.158. The number of imidazole rings is 1. The molecular formula is C35H41N13O9S. The number of aromatic amines is 1. The number of aliphatic hydroxyl groups excluding tert-OH is 3. The molecule has 3 aromatic carbocycles. The Morgan fingerprint density at radius 2 is 1.69 bits per heavy atom. The van der Waals surface area contributed by atoms with Crippen molar-refractivity contribution in [1.29, 1.82) is 0 Å². The highest BCUT2D eigenvalue weighted by Gasteiger charge is 2.43. The van der Waals surface area contributed by atoms with Crippen molar-refractivity contribution >= 4 is 66.6 Å². The fourth-order valence-corrected chi connectivity index (χ4v) is 6.05. The van der Waals surface area contributed by atoms with Crippen molar-refractivity contribution in [3.8, 4) is 5.75 Å². The van der Waals surface area contributed by atoms with Crippen LogP contribution in [0.4, 0.5) is 28.8 Å². The summed E-state index contributed by atoms with van der Waals surface area (Å²) in [5.41, 5.74) is 13.5. The number of carbonyl (C=O) groups excluding carboxylic acids is 1. The Bertz CT molecular complexity index is 2530. The number of hydrogen-bond donors (Lipinski definition) is 8. The van der Waals surface area contributed by atoms with E-state index in [2.05, 4.69) is 40.3 Å². The third-order valence-electron chi connectivity index (χ3n) is 8.07. The lowest BCUT2D eigenvalue weighted by Gasteiger charge is -2.16. The molecule has 0 bridgehead atoms. The molecule has 22 nitrogen and oxygen atoms in total. The molecule has 4 atom stereocenters. The Labute approximate surface area is 330 Å². The molecule has 0 radical (unpaired) electrons. The summed E-state index contributed by atoms with van der Waals surface area (Å²) >= 11 is 0. The second-order valence-electron chi connectivity index (χ2n) is 12.6. The van der Waals surface area contributed by atoms with Gasteiger partial charge >= 0.3 is 5.69 Å². The van der Waals surface area contributed by atoms with Gasteiger partial charge < -0.3 is 46.6 Å². The van der Waals surface area contributed by atoms with E-state index in [-0.39, 0.29) is 17.5 Å². The quantitative estimate of drug-likeness (QED) is 0.0550. The lowest BCUT2D eigenvalue weighted by Crippen LogP contribution is -2.36. The highest BCUT2D eigenvalue weighted by Crippen LogP contribution is 2.37. The number of amides is 1. The normalized spacial score (nSPS) is 17.6. The third-order valence-corrected chi connectivity index (χ3v) is 8.68. The molecule has 0 aliphatic carbocycles. The summed E-state index contributed by atoms with van der Waals surface area (Å²) < 4.78 is 37.0. The molecule has 3 aromatic heterocycles. The number of nitrogens with two attached hydrogens (primary N) is 2. The molecule has 306 valence electrons. The summed E-state index contributed by atoms with van der Waals surface area (Å²) in [4.78, 5) is 40.3. The Hall–Kier alpha value is -6.79. The zero-order valence-corrected chi connectivity index (χ0v) is 32.3. The standard InChI is InChI=1S/C21H19N3O3S.C8H12N4O5.C6H10N6O/c1-27-20-13-14(24-28(2,25)26)11-12-19(20)23-21-15-7-3-5-9-17(15)22-18-10-6-4-8-16(18)21;9-7-10-2-12(8(16)11-7)6-5(15)4(14)3(1-13)17-6;1-12(2)11-10-6-4(5(7)13)8-3-9-6/h3-13,24H,1-2H3,(H,22,23);2-6,13-15H,1H2,(H2,9,11,16);3H,1-2H3,(H2,7,13)(H,8,9)/t;3-,4-,5-,6-;/m.1./s1. The number of aromatic nitrogens is 6. The molecule has 58 heavy (non-hydrogen) atoms. The maximum absolute atomic E-state index is 11.5. The smallest absolute Gasteiger partial charge is 0.354 e. The van der Waals surface area contributed by atoms with Gasteiger partial charge in [-0.15, -0.1) is 5.11 Å². The molecule has 0 unspecified atom stereocenters. The van der Waals surface area contributed by atoms with E-state index in [0.29, 0.717) is 11.4 Å². The van der Waals surface area contributed by atoms with Crippen LogP contribution in [-0.2, 0) is 14.8 Å². The van der Waals surface area contributed by atoms with Crippen molar-refractivity contribution in [2.45, 2.75) is 24.5 Å². The van der Waals surface area contributed by atoms with Crippen LogP contribution in [0.3, 0.4) is 0 Å². The summed E-state index contributed by atoms with van der Waals surface area (Å²) in [5, 5.41) is 42.4. The van der Waals surface area contributed by atoms with E-state index in [9.17, 15) is 28.2 Å². The van der Waals surface area contributed by atoms with Crippen LogP contribution in [0.1, 0.15) is 16.7 Å². The van der Waals surface area contributed by atoms with E-state index < -0.39 is 52.8 Å². The zero-order valence-electron chi connectivity index (χ0n) is 31.5. The number of pyridine rings is 1. The number of aliphatic hydroxyl groups is 3. The van der Waals surface area contributed by atoms with Crippen molar-refractivity contribution in [3.05, 3.63) is 95.6 Å². The zero-order chi connectivity index (χ0) is 42.1. The first kappa shape index (κ1) is 42.4. The van der Waals surface area contributed by atoms with Gasteiger partial charge in [-0.2, -0.15) is 4.98 Å². The molecule has 0 spiro atoms. The average molecular weight is 820 g/mol. The fourth-order valence-electron chi connectivity index (χ4n) is 5.50. The molecule has 1 saturated heterocycles. The van der Waals surface area contributed by atoms with Crippen LogP contribution >= 0.6 is 0 Å². The first-order chi connectivity index (χ1) is 27.6. The van der Waals surface area contributed by atoms with E-state index in [4.69, 9.17) is 31.0 Å². The predicted octanol–water partition coefficient (Wildman–Crippen LogP) is 1.41. The lowest BCUT2D eigenvalue weighted by atomic mass is 10.1. The number of rotatable bonds is 10. The first-order valence-corrected chi connectivity index (χ1v) is 18.9. The number of hydrogen-bond acceptors (Lipinski definition) is 17. The Balaban J connectivity index is 0.000000182. The third kappa shape index (κ3) is 10.3. The van der Waals surface area contributed by atoms with Crippen LogP contribution in [0.15, 0.2) is 94.5 Å². The molecule has 4 heterocycles. The molecule has 10 N–H and O–H groups in total. The molecule has 0 saturated carbocycles. The minimum atomic E-state index is -3.37. The summed E-state index contributed by atoms with van der Waals surface area (Å²) in [6.07, 6.45) is -1.23. The number of primary amides is 1. The van der Waals surface area contributed by atoms with E-state index >= 15 is 0 Å². The summed E-state index contributed by atoms with van der Waals surface area (Å²) in [6, 6.07) is 21.0. The number of H-pyrrole nitrogens is 1. The van der Waals surface area contributed by atoms with Gasteiger partial charge in [0.25, 0.3) is 5.91 Å². The Morgan fingerprint density at radius 3 is 2.24 bits per heavy atom. The lowest BCUT2D eigenvalue weighted by molar-refractivity contribution is -0.0554. The van der Waals surface area contributed by atoms with Crippen LogP contribution in [0, 0.1) is 0 Å². The number of anilines is 4. The largest absolute Gasteiger partial charge is 0.494 e. The topological polar surface area (TPSA) is 324 Å². The second kappa shape index (κ2) is 18.4. The summed E-state index contributed by atoms with van der Waals surface area (Å²) in [6.45, 7) is -0.473. The van der Waals surface area contributed by atoms with Crippen LogP contribution < -0.4 is 31.9 Å². The number of carbonyl (C=O) groups is 1. The molecular weight excluding hydrogens is 779 g/mol. The molecule has 1 amide bonds. The van der Waals surface area contributed by atoms with Gasteiger partial charge in [0.05, 0.1) is 54.4 Å². The van der Waals surface area contributed by atoms with Gasteiger partial charge in [0, 0.05) is 30.9 Å². The van der Waals surface area contributed by atoms with E-state index in [0.717, 1.165) is 50.3 Å². The summed E-state index contributed by atoms with van der Waals surface area (Å²) in [5.74, 6) is -0.0805. The van der Waals surface area contributed by atoms with Crippen LogP contribution in [0.2, 0.25) is 0 Å². The fraction of sp³-hybridized carbons (Fsp3) is 0.257. The molecule has 7 rings (SSSR count). The van der Waals surface area contributed by atoms with Gasteiger partial charge in [-0.25, -0.2) is 28.2 Å². The minimum Gasteiger partial charge on any atom is -0.494 e. The van der Waals surface area contributed by atoms with Crippen LogP contribution in [0.25, 0.3) is 21.8 Å². The van der Waals surface area contributed by atoms with Gasteiger partial charge in [-0.05, 0) is 24.3 Å². The molecule has 6 aromatic rings. The number of fused-ring (bicyclic) bond motifs is 2. The molecule has 1 fully saturated rings. The van der Waals surface area contributed by atoms with Crippen LogP contribution in [0.5, 0.6) is 5.75 Å². The number of ether oxygens (including phenoxy) is 2. The van der Waals surface area contributed by atoms with Crippen molar-refractivity contribution in [2.24, 2.45) is 16.1 Å². The van der Waals surface area contributed by atoms with Gasteiger partial charge in [-0.3, -0.25) is 19.1 Å². The number of nitrogen functional groups attached to an aromatic ring is 1. The number of methoxy groups -OCH3 is 1. The number of nitrogens with one attached hydrogen (secondary N) is 3. The number of benzene rings is 3. The van der Waals surface area contributed by atoms with Crippen molar-refractivity contribution in [1.82, 2.24) is 34.5 Å². The first-order valence-electron chi connectivity index (χ1n) is 17.1. The highest BCUT2D eigenvalue weighted by molar-refractivity contribution is 7.92. The van der Waals surface area contributed by atoms with Crippen LogP contribution in [-0.4, -0.2) is 117 Å². The van der Waals surface area contributed by atoms with E-state index in [1.807, 2.05) is 48.5 Å². The van der Waals surface area contributed by atoms with E-state index in [1.54, 1.807) is 39.4 Å². The van der Waals surface area contributed by atoms with Gasteiger partial charge in [0.1, 0.15) is 30.4 Å². The SMILES string of the molecule is CN(C)N=Nc1nc[nH]c1C(N)=O.COc1cc(NS(C)(=O)=O)ccc1Nc1c2ccccc2nc2ccccc12.Nc1ncn([C@@H]2O[C@H](CO)[C@@H](O)[C@H]2O)c(=O)n1. The Kier molecular flexibility index (Phi) is 13.5. The van der Waals surface area contributed by atoms with Gasteiger partial charge in [0.2, 0.25) is 21.8 Å². The maximum atomic E-state index is 11.5. The Morgan fingerprint density at radius 1 is 1.03 bits per heavy atom. The van der Waals surface area contributed by atoms with Gasteiger partial charge in [0.15, 0.2) is 11.9 Å². The molecule has 23 heteroatoms. The second-order valence-corrected chi connectivity index (χ2v) is 14.3. The molecule has 1 aliphatic rings. The van der Waals surface area contributed by atoms with Crippen molar-refractivity contribution < 1.29 is 38.0 Å². The predicted molar refractivity (Wildman–Crippen MR) is 213 cm³/mol. The highest BCUT2D eigenvalue weighted by atomic mass is 32.2. The van der Waals surface area contributed by atoms with Crippen molar-refractivity contribution in [2.75, 3.05) is 49.8 Å². The average Bonchev–Trinajstić information content (AvgIpc) is 3.78. The monoisotopic (exact) mass is 819 g/mol. The number of para-hydroxylation sites is 2.